The summed E-state index contributed by atoms with van der Waals surface area (Å²) in [7, 11) is 3.48. The van der Waals surface area contributed by atoms with E-state index < -0.39 is 5.97 Å². The van der Waals surface area contributed by atoms with Crippen LogP contribution < -0.4 is 5.32 Å². The number of piperidine rings is 1. The molecule has 1 aromatic rings. The maximum atomic E-state index is 11.2. The maximum absolute atomic E-state index is 11.2. The Hall–Kier alpha value is -1.69. The molecule has 0 aromatic carbocycles. The van der Waals surface area contributed by atoms with Crippen molar-refractivity contribution in [3.8, 4) is 0 Å². The number of nitrogens with zero attached hydrogens (tertiary/aromatic N) is 3. The fourth-order valence-corrected chi connectivity index (χ4v) is 2.33. The first kappa shape index (κ1) is 13.7. The molecule has 1 aliphatic heterocycles. The molecule has 2 rings (SSSR count). The Labute approximate surface area is 113 Å². The van der Waals surface area contributed by atoms with E-state index in [1.54, 1.807) is 12.1 Å². The lowest BCUT2D eigenvalue weighted by Crippen LogP contribution is -2.35. The predicted octanol–water partition coefficient (Wildman–Crippen LogP) is 1.02. The van der Waals surface area contributed by atoms with Gasteiger partial charge in [0.1, 0.15) is 5.82 Å². The number of ether oxygens (including phenoxy) is 1. The zero-order chi connectivity index (χ0) is 13.7. The molecule has 0 radical (unpaired) electrons. The van der Waals surface area contributed by atoms with Gasteiger partial charge in [0.15, 0.2) is 5.69 Å². The summed E-state index contributed by atoms with van der Waals surface area (Å²) in [5, 5.41) is 11.1. The molecule has 1 aromatic heterocycles. The normalized spacial score (nSPS) is 20.0. The van der Waals surface area contributed by atoms with Gasteiger partial charge in [0.25, 0.3) is 0 Å². The van der Waals surface area contributed by atoms with Crippen molar-refractivity contribution in [3.63, 3.8) is 0 Å². The zero-order valence-corrected chi connectivity index (χ0v) is 11.4. The highest BCUT2D eigenvalue weighted by molar-refractivity contribution is 5.86. The van der Waals surface area contributed by atoms with Crippen LogP contribution in [0.5, 0.6) is 0 Å². The van der Waals surface area contributed by atoms with Crippen molar-refractivity contribution in [2.45, 2.75) is 12.8 Å². The van der Waals surface area contributed by atoms with Crippen LogP contribution in [0.3, 0.4) is 0 Å². The average molecular weight is 264 g/mol. The van der Waals surface area contributed by atoms with Crippen LogP contribution in [-0.4, -0.2) is 54.9 Å². The standard InChI is InChI=1S/C13H20N4O2/c1-17-7-3-4-10(9-17)8-14-12-6-5-11(15-16-12)13(18)19-2/h5-6,10H,3-4,7-9H2,1-2H3,(H,14,16). The Morgan fingerprint density at radius 3 is 3.00 bits per heavy atom. The SMILES string of the molecule is COC(=O)c1ccc(NCC2CCCN(C)C2)nn1. The number of nitrogens with one attached hydrogen (secondary N) is 1. The highest BCUT2D eigenvalue weighted by atomic mass is 16.5. The summed E-state index contributed by atoms with van der Waals surface area (Å²) in [6.45, 7) is 3.18. The summed E-state index contributed by atoms with van der Waals surface area (Å²) in [4.78, 5) is 13.6. The summed E-state index contributed by atoms with van der Waals surface area (Å²) >= 11 is 0. The van der Waals surface area contributed by atoms with Crippen LogP contribution in [0, 0.1) is 5.92 Å². The van der Waals surface area contributed by atoms with Crippen molar-refractivity contribution in [2.24, 2.45) is 5.92 Å². The highest BCUT2D eigenvalue weighted by Gasteiger charge is 2.17. The van der Waals surface area contributed by atoms with Gasteiger partial charge in [-0.2, -0.15) is 0 Å². The summed E-state index contributed by atoms with van der Waals surface area (Å²) in [5.41, 5.74) is 0.227. The van der Waals surface area contributed by atoms with E-state index in [2.05, 4.69) is 32.2 Å². The number of carbonyl (C=O) groups excluding carboxylic acids is 1. The van der Waals surface area contributed by atoms with Crippen molar-refractivity contribution >= 4 is 11.8 Å². The molecule has 0 amide bonds. The van der Waals surface area contributed by atoms with Gasteiger partial charge in [0, 0.05) is 13.1 Å². The van der Waals surface area contributed by atoms with Crippen molar-refractivity contribution in [2.75, 3.05) is 39.1 Å². The van der Waals surface area contributed by atoms with Crippen molar-refractivity contribution < 1.29 is 9.53 Å². The number of esters is 1. The van der Waals surface area contributed by atoms with E-state index in [4.69, 9.17) is 0 Å². The molecule has 1 aliphatic rings. The third-order valence-electron chi connectivity index (χ3n) is 3.35. The Balaban J connectivity index is 1.84. The number of hydrogen-bond acceptors (Lipinski definition) is 6. The maximum Gasteiger partial charge on any atom is 0.358 e. The Morgan fingerprint density at radius 2 is 2.37 bits per heavy atom. The van der Waals surface area contributed by atoms with Gasteiger partial charge in [-0.3, -0.25) is 0 Å². The first-order chi connectivity index (χ1) is 9.19. The number of rotatable bonds is 4. The second kappa shape index (κ2) is 6.47. The van der Waals surface area contributed by atoms with Crippen LogP contribution in [0.1, 0.15) is 23.3 Å². The molecule has 0 saturated carbocycles. The quantitative estimate of drug-likeness (QED) is 0.819. The van der Waals surface area contributed by atoms with Gasteiger partial charge in [-0.15, -0.1) is 10.2 Å². The van der Waals surface area contributed by atoms with E-state index in [0.29, 0.717) is 11.7 Å². The molecule has 0 spiro atoms. The van der Waals surface area contributed by atoms with Gasteiger partial charge in [0.05, 0.1) is 7.11 Å². The number of anilines is 1. The molecule has 1 saturated heterocycles. The minimum Gasteiger partial charge on any atom is -0.464 e. The second-order valence-electron chi connectivity index (χ2n) is 4.95. The average Bonchev–Trinajstić information content (AvgIpc) is 2.45. The molecule has 1 N–H and O–H groups in total. The number of hydrogen-bond donors (Lipinski definition) is 1. The third-order valence-corrected chi connectivity index (χ3v) is 3.35. The molecule has 19 heavy (non-hydrogen) atoms. The molecule has 0 aliphatic carbocycles. The van der Waals surface area contributed by atoms with E-state index in [9.17, 15) is 4.79 Å². The molecule has 1 fully saturated rings. The number of likely N-dealkylation sites (tertiary alicyclic amines) is 1. The zero-order valence-electron chi connectivity index (χ0n) is 11.4. The number of aromatic nitrogens is 2. The van der Waals surface area contributed by atoms with Crippen molar-refractivity contribution in [1.29, 1.82) is 0 Å². The summed E-state index contributed by atoms with van der Waals surface area (Å²) in [5.74, 6) is 0.870. The van der Waals surface area contributed by atoms with E-state index in [1.807, 2.05) is 0 Å². The van der Waals surface area contributed by atoms with Crippen LogP contribution in [0.15, 0.2) is 12.1 Å². The van der Waals surface area contributed by atoms with Crippen LogP contribution in [0.2, 0.25) is 0 Å². The van der Waals surface area contributed by atoms with Gasteiger partial charge < -0.3 is 15.0 Å². The molecule has 0 bridgehead atoms. The molecule has 1 unspecified atom stereocenters. The van der Waals surface area contributed by atoms with Crippen LogP contribution in [0.4, 0.5) is 5.82 Å². The molecule has 104 valence electrons. The topological polar surface area (TPSA) is 67.3 Å². The summed E-state index contributed by atoms with van der Waals surface area (Å²) in [6, 6.07) is 3.37. The Bertz CT molecular complexity index is 421. The molecule has 6 nitrogen and oxygen atoms in total. The fraction of sp³-hybridized carbons (Fsp3) is 0.615. The largest absolute Gasteiger partial charge is 0.464 e. The number of methoxy groups -OCH3 is 1. The molecular weight excluding hydrogens is 244 g/mol. The lowest BCUT2D eigenvalue weighted by molar-refractivity contribution is 0.0593. The first-order valence-corrected chi connectivity index (χ1v) is 6.53. The number of carbonyl (C=O) groups is 1. The van der Waals surface area contributed by atoms with E-state index in [0.717, 1.165) is 13.1 Å². The van der Waals surface area contributed by atoms with Crippen LogP contribution in [-0.2, 0) is 4.74 Å². The van der Waals surface area contributed by atoms with E-state index in [1.165, 1.54) is 26.5 Å². The Kier molecular flexibility index (Phi) is 4.68. The second-order valence-corrected chi connectivity index (χ2v) is 4.95. The van der Waals surface area contributed by atoms with E-state index >= 15 is 0 Å². The first-order valence-electron chi connectivity index (χ1n) is 6.53. The van der Waals surface area contributed by atoms with Crippen molar-refractivity contribution in [3.05, 3.63) is 17.8 Å². The monoisotopic (exact) mass is 264 g/mol. The Morgan fingerprint density at radius 1 is 1.53 bits per heavy atom. The lowest BCUT2D eigenvalue weighted by atomic mass is 9.98. The van der Waals surface area contributed by atoms with Gasteiger partial charge in [-0.25, -0.2) is 4.79 Å². The molecule has 2 heterocycles. The third kappa shape index (κ3) is 3.89. The van der Waals surface area contributed by atoms with Gasteiger partial charge in [-0.05, 0) is 44.5 Å². The van der Waals surface area contributed by atoms with Gasteiger partial charge >= 0.3 is 5.97 Å². The smallest absolute Gasteiger partial charge is 0.358 e. The molecule has 1 atom stereocenters. The van der Waals surface area contributed by atoms with Gasteiger partial charge in [0.2, 0.25) is 0 Å². The van der Waals surface area contributed by atoms with Crippen LogP contribution in [0.25, 0.3) is 0 Å². The highest BCUT2D eigenvalue weighted by Crippen LogP contribution is 2.15. The van der Waals surface area contributed by atoms with Crippen molar-refractivity contribution in [1.82, 2.24) is 15.1 Å². The van der Waals surface area contributed by atoms with Crippen LogP contribution >= 0.6 is 0 Å². The lowest BCUT2D eigenvalue weighted by Gasteiger charge is -2.29. The predicted molar refractivity (Wildman–Crippen MR) is 72.1 cm³/mol. The van der Waals surface area contributed by atoms with E-state index in [-0.39, 0.29) is 5.69 Å². The minimum absolute atomic E-state index is 0.227. The summed E-state index contributed by atoms with van der Waals surface area (Å²) in [6.07, 6.45) is 2.49. The molecular formula is C13H20N4O2. The fourth-order valence-electron chi connectivity index (χ4n) is 2.33. The minimum atomic E-state index is -0.465. The van der Waals surface area contributed by atoms with Gasteiger partial charge in [-0.1, -0.05) is 0 Å². The molecule has 6 heteroatoms. The summed E-state index contributed by atoms with van der Waals surface area (Å²) < 4.78 is 4.58.